The minimum Gasteiger partial charge on any atom is -0.484 e. The molecule has 28 heavy (non-hydrogen) atoms. The van der Waals surface area contributed by atoms with Crippen LogP contribution in [0.4, 0.5) is 0 Å². The highest BCUT2D eigenvalue weighted by atomic mass is 16.5. The predicted octanol–water partition coefficient (Wildman–Crippen LogP) is 4.15. The van der Waals surface area contributed by atoms with Gasteiger partial charge < -0.3 is 14.5 Å². The second-order valence-electron chi connectivity index (χ2n) is 6.45. The van der Waals surface area contributed by atoms with Crippen LogP contribution in [0.5, 0.6) is 5.75 Å². The molecule has 6 nitrogen and oxygen atoms in total. The number of hydrogen-bond acceptors (Lipinski definition) is 5. The average molecular weight is 373 g/mol. The van der Waals surface area contributed by atoms with Crippen molar-refractivity contribution in [3.8, 4) is 17.2 Å². The van der Waals surface area contributed by atoms with Gasteiger partial charge in [0.15, 0.2) is 6.61 Å². The van der Waals surface area contributed by atoms with E-state index < -0.39 is 0 Å². The molecule has 0 saturated heterocycles. The number of nitrogens with one attached hydrogen (secondary N) is 1. The Morgan fingerprint density at radius 2 is 1.86 bits per heavy atom. The normalized spacial score (nSPS) is 11.9. The van der Waals surface area contributed by atoms with Gasteiger partial charge in [0, 0.05) is 5.56 Å². The quantitative estimate of drug-likeness (QED) is 0.549. The van der Waals surface area contributed by atoms with E-state index >= 15 is 0 Å². The number of carbonyl (C=O) groups is 1. The van der Waals surface area contributed by atoms with Crippen molar-refractivity contribution >= 4 is 16.7 Å². The van der Waals surface area contributed by atoms with E-state index in [0.717, 1.165) is 16.5 Å². The number of ether oxygens (including phenoxy) is 1. The molecule has 0 bridgehead atoms. The van der Waals surface area contributed by atoms with E-state index in [0.29, 0.717) is 11.6 Å². The molecule has 1 atom stereocenters. The predicted molar refractivity (Wildman–Crippen MR) is 106 cm³/mol. The molecule has 0 radical (unpaired) electrons. The monoisotopic (exact) mass is 373 g/mol. The first kappa shape index (κ1) is 17.7. The highest BCUT2D eigenvalue weighted by Gasteiger charge is 2.11. The lowest BCUT2D eigenvalue weighted by Crippen LogP contribution is -2.31. The summed E-state index contributed by atoms with van der Waals surface area (Å²) in [5.41, 5.74) is 1.84. The highest BCUT2D eigenvalue weighted by Crippen LogP contribution is 2.21. The van der Waals surface area contributed by atoms with Crippen LogP contribution in [0.25, 0.3) is 22.2 Å². The number of fused-ring (bicyclic) bond motifs is 1. The van der Waals surface area contributed by atoms with Crippen molar-refractivity contribution in [2.45, 2.75) is 13.0 Å². The Bertz CT molecular complexity index is 1080. The molecular formula is C22H19N3O3. The van der Waals surface area contributed by atoms with Gasteiger partial charge in [-0.3, -0.25) is 4.79 Å². The molecule has 1 aromatic heterocycles. The van der Waals surface area contributed by atoms with Gasteiger partial charge in [-0.15, -0.1) is 10.2 Å². The van der Waals surface area contributed by atoms with E-state index in [1.807, 2.05) is 25.1 Å². The topological polar surface area (TPSA) is 77.2 Å². The van der Waals surface area contributed by atoms with Crippen LogP contribution in [0.1, 0.15) is 18.5 Å². The molecule has 1 amide bonds. The Labute approximate surface area is 162 Å². The minimum atomic E-state index is -0.179. The SMILES string of the molecule is CC(NC(=O)COc1ccc(-c2nnco2)cc1)c1ccc2ccccc2c1. The lowest BCUT2D eigenvalue weighted by molar-refractivity contribution is -0.123. The number of amides is 1. The van der Waals surface area contributed by atoms with Crippen LogP contribution in [0.15, 0.2) is 77.5 Å². The van der Waals surface area contributed by atoms with E-state index in [-0.39, 0.29) is 18.6 Å². The molecule has 0 aliphatic heterocycles. The molecule has 1 heterocycles. The number of rotatable bonds is 6. The first-order valence-corrected chi connectivity index (χ1v) is 8.96. The Morgan fingerprint density at radius 1 is 1.07 bits per heavy atom. The summed E-state index contributed by atoms with van der Waals surface area (Å²) in [4.78, 5) is 12.2. The third-order valence-electron chi connectivity index (χ3n) is 4.48. The van der Waals surface area contributed by atoms with Gasteiger partial charge >= 0.3 is 0 Å². The van der Waals surface area contributed by atoms with Crippen molar-refractivity contribution in [3.05, 3.63) is 78.7 Å². The number of nitrogens with zero attached hydrogens (tertiary/aromatic N) is 2. The van der Waals surface area contributed by atoms with Crippen LogP contribution in [-0.2, 0) is 4.79 Å². The Balaban J connectivity index is 1.33. The van der Waals surface area contributed by atoms with E-state index in [1.54, 1.807) is 24.3 Å². The second kappa shape index (κ2) is 7.92. The largest absolute Gasteiger partial charge is 0.484 e. The zero-order chi connectivity index (χ0) is 19.3. The van der Waals surface area contributed by atoms with Crippen LogP contribution in [0.3, 0.4) is 0 Å². The van der Waals surface area contributed by atoms with Crippen LogP contribution >= 0.6 is 0 Å². The molecule has 1 unspecified atom stereocenters. The van der Waals surface area contributed by atoms with E-state index in [1.165, 1.54) is 11.8 Å². The van der Waals surface area contributed by atoms with Gasteiger partial charge in [0.25, 0.3) is 5.91 Å². The van der Waals surface area contributed by atoms with Crippen molar-refractivity contribution in [1.29, 1.82) is 0 Å². The van der Waals surface area contributed by atoms with E-state index in [4.69, 9.17) is 9.15 Å². The van der Waals surface area contributed by atoms with Crippen molar-refractivity contribution in [2.24, 2.45) is 0 Å². The van der Waals surface area contributed by atoms with E-state index in [9.17, 15) is 4.79 Å². The fourth-order valence-electron chi connectivity index (χ4n) is 2.99. The molecular weight excluding hydrogens is 354 g/mol. The summed E-state index contributed by atoms with van der Waals surface area (Å²) < 4.78 is 10.7. The Hall–Kier alpha value is -3.67. The molecule has 0 aliphatic rings. The van der Waals surface area contributed by atoms with Crippen LogP contribution in [0.2, 0.25) is 0 Å². The van der Waals surface area contributed by atoms with Crippen molar-refractivity contribution in [3.63, 3.8) is 0 Å². The van der Waals surface area contributed by atoms with Crippen molar-refractivity contribution in [1.82, 2.24) is 15.5 Å². The smallest absolute Gasteiger partial charge is 0.258 e. The van der Waals surface area contributed by atoms with Gasteiger partial charge in [-0.1, -0.05) is 36.4 Å². The molecule has 4 rings (SSSR count). The molecule has 1 N–H and O–H groups in total. The lowest BCUT2D eigenvalue weighted by atomic mass is 10.0. The maximum Gasteiger partial charge on any atom is 0.258 e. The molecule has 6 heteroatoms. The van der Waals surface area contributed by atoms with Crippen LogP contribution < -0.4 is 10.1 Å². The third-order valence-corrected chi connectivity index (χ3v) is 4.48. The number of aromatic nitrogens is 2. The third kappa shape index (κ3) is 4.01. The fraction of sp³-hybridized carbons (Fsp3) is 0.136. The summed E-state index contributed by atoms with van der Waals surface area (Å²) in [6.07, 6.45) is 1.28. The second-order valence-corrected chi connectivity index (χ2v) is 6.45. The number of carbonyl (C=O) groups excluding carboxylic acids is 1. The van der Waals surface area contributed by atoms with Crippen LogP contribution in [-0.4, -0.2) is 22.7 Å². The molecule has 3 aromatic carbocycles. The molecule has 140 valence electrons. The fourth-order valence-corrected chi connectivity index (χ4v) is 2.99. The summed E-state index contributed by atoms with van der Waals surface area (Å²) >= 11 is 0. The van der Waals surface area contributed by atoms with E-state index in [2.05, 4.69) is 39.8 Å². The summed E-state index contributed by atoms with van der Waals surface area (Å²) in [6, 6.07) is 21.4. The summed E-state index contributed by atoms with van der Waals surface area (Å²) in [5, 5.41) is 12.8. The number of benzene rings is 3. The van der Waals surface area contributed by atoms with Gasteiger partial charge in [0.05, 0.1) is 6.04 Å². The zero-order valence-electron chi connectivity index (χ0n) is 15.3. The first-order valence-electron chi connectivity index (χ1n) is 8.96. The number of hydrogen-bond donors (Lipinski definition) is 1. The molecule has 0 aliphatic carbocycles. The maximum absolute atomic E-state index is 12.2. The lowest BCUT2D eigenvalue weighted by Gasteiger charge is -2.15. The first-order chi connectivity index (χ1) is 13.7. The molecule has 0 saturated carbocycles. The molecule has 0 spiro atoms. The van der Waals surface area contributed by atoms with Crippen LogP contribution in [0, 0.1) is 0 Å². The summed E-state index contributed by atoms with van der Waals surface area (Å²) in [7, 11) is 0. The standard InChI is InChI=1S/C22H19N3O3/c1-15(18-7-6-16-4-2-3-5-19(16)12-18)24-21(26)13-27-20-10-8-17(9-11-20)22-25-23-14-28-22/h2-12,14-15H,13H2,1H3,(H,24,26). The zero-order valence-corrected chi connectivity index (χ0v) is 15.3. The maximum atomic E-state index is 12.2. The minimum absolute atomic E-state index is 0.0577. The highest BCUT2D eigenvalue weighted by molar-refractivity contribution is 5.83. The Kier molecular flexibility index (Phi) is 5.01. The van der Waals surface area contributed by atoms with Crippen molar-refractivity contribution in [2.75, 3.05) is 6.61 Å². The molecule has 0 fully saturated rings. The summed E-state index contributed by atoms with van der Waals surface area (Å²) in [6.45, 7) is 1.90. The Morgan fingerprint density at radius 3 is 2.61 bits per heavy atom. The van der Waals surface area contributed by atoms with Gasteiger partial charge in [0.1, 0.15) is 5.75 Å². The van der Waals surface area contributed by atoms with Gasteiger partial charge in [-0.25, -0.2) is 0 Å². The average Bonchev–Trinajstić information content (AvgIpc) is 3.27. The van der Waals surface area contributed by atoms with Crippen molar-refractivity contribution < 1.29 is 13.9 Å². The van der Waals surface area contributed by atoms with Gasteiger partial charge in [-0.2, -0.15) is 0 Å². The van der Waals surface area contributed by atoms with Gasteiger partial charge in [0.2, 0.25) is 12.3 Å². The van der Waals surface area contributed by atoms with Gasteiger partial charge in [-0.05, 0) is 53.6 Å². The summed E-state index contributed by atoms with van der Waals surface area (Å²) in [5.74, 6) is 0.854. The molecule has 4 aromatic rings.